The molecule has 0 aliphatic carbocycles. The van der Waals surface area contributed by atoms with E-state index in [1.807, 2.05) is 56.3 Å². The Morgan fingerprint density at radius 1 is 0.975 bits per heavy atom. The monoisotopic (exact) mass is 622 g/mol. The number of pyridine rings is 1. The zero-order chi connectivity index (χ0) is 28.5. The van der Waals surface area contributed by atoms with E-state index in [0.717, 1.165) is 32.3 Å². The van der Waals surface area contributed by atoms with Gasteiger partial charge in [-0.2, -0.15) is 0 Å². The first-order valence-electron chi connectivity index (χ1n) is 13.1. The molecule has 208 valence electrons. The lowest BCUT2D eigenvalue weighted by Crippen LogP contribution is -2.37. The predicted octanol–water partition coefficient (Wildman–Crippen LogP) is 7.91. The van der Waals surface area contributed by atoms with Crippen LogP contribution in [0.3, 0.4) is 0 Å². The molecule has 2 N–H and O–H groups in total. The fourth-order valence-electron chi connectivity index (χ4n) is 4.27. The molecule has 0 fully saturated rings. The van der Waals surface area contributed by atoms with Gasteiger partial charge in [0.1, 0.15) is 30.8 Å². The van der Waals surface area contributed by atoms with E-state index in [-0.39, 0.29) is 19.1 Å². The smallest absolute Gasteiger partial charge is 0.320 e. The second-order valence-corrected chi connectivity index (χ2v) is 11.1. The molecule has 1 atom stereocenters. The highest BCUT2D eigenvalue weighted by molar-refractivity contribution is 9.10. The summed E-state index contributed by atoms with van der Waals surface area (Å²) < 4.78 is 13.3. The molecular formula is C32H32BrClN2O4. The van der Waals surface area contributed by atoms with Crippen LogP contribution in [0.2, 0.25) is 5.02 Å². The second-order valence-electron chi connectivity index (χ2n) is 9.87. The number of carboxylic acid groups (broad SMARTS) is 1. The van der Waals surface area contributed by atoms with Crippen molar-refractivity contribution in [1.82, 2.24) is 10.3 Å². The number of nitrogens with one attached hydrogen (secondary N) is 1. The Balaban J connectivity index is 1.56. The maximum atomic E-state index is 11.8. The molecule has 4 rings (SSSR count). The van der Waals surface area contributed by atoms with Crippen LogP contribution in [0.5, 0.6) is 11.5 Å². The van der Waals surface area contributed by atoms with E-state index in [1.54, 1.807) is 24.5 Å². The Kier molecular flexibility index (Phi) is 10.6. The SMILES string of the molecule is CC(C)C[C@H](NCc1cc(Cl)c(OCc2cccc(-c3ccccc3)c2Br)cc1OCc1cccnc1)C(=O)O. The number of ether oxygens (including phenoxy) is 2. The maximum Gasteiger partial charge on any atom is 0.320 e. The lowest BCUT2D eigenvalue weighted by Gasteiger charge is -2.19. The van der Waals surface area contributed by atoms with E-state index in [9.17, 15) is 9.90 Å². The van der Waals surface area contributed by atoms with Gasteiger partial charge in [-0.15, -0.1) is 0 Å². The minimum atomic E-state index is -0.888. The Hall–Kier alpha value is -3.39. The molecule has 0 radical (unpaired) electrons. The summed E-state index contributed by atoms with van der Waals surface area (Å²) in [5.41, 5.74) is 4.80. The molecule has 1 heterocycles. The third-order valence-electron chi connectivity index (χ3n) is 6.32. The zero-order valence-electron chi connectivity index (χ0n) is 22.4. The minimum absolute atomic E-state index is 0.231. The summed E-state index contributed by atoms with van der Waals surface area (Å²) in [6, 6.07) is 22.8. The number of aromatic nitrogens is 1. The molecule has 0 saturated heterocycles. The normalized spacial score (nSPS) is 11.8. The van der Waals surface area contributed by atoms with Crippen LogP contribution < -0.4 is 14.8 Å². The fourth-order valence-corrected chi connectivity index (χ4v) is 5.12. The number of hydrogen-bond acceptors (Lipinski definition) is 5. The van der Waals surface area contributed by atoms with Crippen molar-refractivity contribution >= 4 is 33.5 Å². The van der Waals surface area contributed by atoms with Gasteiger partial charge in [0.15, 0.2) is 0 Å². The number of halogens is 2. The summed E-state index contributed by atoms with van der Waals surface area (Å²) >= 11 is 10.4. The standard InChI is InChI=1S/C32H32BrClN2O4/c1-21(2)14-28(32(37)38)36-18-25-15-27(34)30(16-29(25)39-19-22-8-7-13-35-17-22)40-20-24-11-6-12-26(31(24)33)23-9-4-3-5-10-23/h3-13,15-17,21,28,36H,14,18-20H2,1-2H3,(H,37,38)/t28-/m0/s1. The largest absolute Gasteiger partial charge is 0.488 e. The molecule has 6 nitrogen and oxygen atoms in total. The van der Waals surface area contributed by atoms with Crippen molar-refractivity contribution in [2.75, 3.05) is 0 Å². The molecule has 0 amide bonds. The first-order chi connectivity index (χ1) is 19.3. The number of carbonyl (C=O) groups is 1. The van der Waals surface area contributed by atoms with Crippen LogP contribution in [0.4, 0.5) is 0 Å². The van der Waals surface area contributed by atoms with E-state index in [0.29, 0.717) is 29.5 Å². The van der Waals surface area contributed by atoms with Gasteiger partial charge < -0.3 is 19.9 Å². The molecular weight excluding hydrogens is 592 g/mol. The molecule has 0 unspecified atom stereocenters. The predicted molar refractivity (Wildman–Crippen MR) is 162 cm³/mol. The molecule has 8 heteroatoms. The second kappa shape index (κ2) is 14.3. The summed E-state index contributed by atoms with van der Waals surface area (Å²) in [5, 5.41) is 13.2. The lowest BCUT2D eigenvalue weighted by atomic mass is 10.0. The topological polar surface area (TPSA) is 80.7 Å². The Morgan fingerprint density at radius 2 is 1.75 bits per heavy atom. The number of aliphatic carboxylic acids is 1. The van der Waals surface area contributed by atoms with E-state index >= 15 is 0 Å². The molecule has 40 heavy (non-hydrogen) atoms. The molecule has 4 aromatic rings. The molecule has 0 saturated carbocycles. The highest BCUT2D eigenvalue weighted by Crippen LogP contribution is 2.36. The average Bonchev–Trinajstić information content (AvgIpc) is 2.95. The Bertz CT molecular complexity index is 1420. The molecule has 0 spiro atoms. The van der Waals surface area contributed by atoms with Gasteiger partial charge in [0.05, 0.1) is 5.02 Å². The number of rotatable bonds is 13. The van der Waals surface area contributed by atoms with Gasteiger partial charge in [-0.05, 0) is 51.5 Å². The van der Waals surface area contributed by atoms with E-state index < -0.39 is 12.0 Å². The number of benzene rings is 3. The van der Waals surface area contributed by atoms with E-state index in [4.69, 9.17) is 21.1 Å². The number of carboxylic acids is 1. The van der Waals surface area contributed by atoms with Gasteiger partial charge in [-0.1, -0.05) is 80.0 Å². The molecule has 0 aliphatic heterocycles. The molecule has 0 aliphatic rings. The molecule has 0 bridgehead atoms. The quantitative estimate of drug-likeness (QED) is 0.158. The third kappa shape index (κ3) is 8.07. The van der Waals surface area contributed by atoms with Gasteiger partial charge in [-0.3, -0.25) is 9.78 Å². The Labute approximate surface area is 248 Å². The van der Waals surface area contributed by atoms with Crippen molar-refractivity contribution in [1.29, 1.82) is 0 Å². The van der Waals surface area contributed by atoms with Gasteiger partial charge >= 0.3 is 5.97 Å². The van der Waals surface area contributed by atoms with E-state index in [1.165, 1.54) is 0 Å². The summed E-state index contributed by atoms with van der Waals surface area (Å²) in [6.45, 7) is 4.85. The summed E-state index contributed by atoms with van der Waals surface area (Å²) in [6.07, 6.45) is 3.96. The van der Waals surface area contributed by atoms with Gasteiger partial charge in [0, 0.05) is 46.2 Å². The number of hydrogen-bond donors (Lipinski definition) is 2. The summed E-state index contributed by atoms with van der Waals surface area (Å²) in [4.78, 5) is 15.9. The number of nitrogens with zero attached hydrogens (tertiary/aromatic N) is 1. The lowest BCUT2D eigenvalue weighted by molar-refractivity contribution is -0.140. The zero-order valence-corrected chi connectivity index (χ0v) is 24.8. The summed E-state index contributed by atoms with van der Waals surface area (Å²) in [7, 11) is 0. The molecule has 1 aromatic heterocycles. The van der Waals surface area contributed by atoms with Crippen LogP contribution in [-0.4, -0.2) is 22.1 Å². The van der Waals surface area contributed by atoms with Gasteiger partial charge in [0.25, 0.3) is 0 Å². The molecule has 3 aromatic carbocycles. The first kappa shape index (κ1) is 29.6. The fraction of sp³-hybridized carbons (Fsp3) is 0.250. The third-order valence-corrected chi connectivity index (χ3v) is 7.55. The highest BCUT2D eigenvalue weighted by Gasteiger charge is 2.20. The van der Waals surface area contributed by atoms with Crippen molar-refractivity contribution in [2.24, 2.45) is 5.92 Å². The highest BCUT2D eigenvalue weighted by atomic mass is 79.9. The minimum Gasteiger partial charge on any atom is -0.488 e. The van der Waals surface area contributed by atoms with E-state index in [2.05, 4.69) is 44.4 Å². The van der Waals surface area contributed by atoms with Gasteiger partial charge in [-0.25, -0.2) is 0 Å². The van der Waals surface area contributed by atoms with Crippen molar-refractivity contribution in [3.63, 3.8) is 0 Å². The first-order valence-corrected chi connectivity index (χ1v) is 14.2. The van der Waals surface area contributed by atoms with Crippen LogP contribution in [0.25, 0.3) is 11.1 Å². The Morgan fingerprint density at radius 3 is 2.45 bits per heavy atom. The van der Waals surface area contributed by atoms with Crippen LogP contribution in [0, 0.1) is 5.92 Å². The van der Waals surface area contributed by atoms with Gasteiger partial charge in [0.2, 0.25) is 0 Å². The van der Waals surface area contributed by atoms with Crippen LogP contribution >= 0.6 is 27.5 Å². The summed E-state index contributed by atoms with van der Waals surface area (Å²) in [5.74, 6) is 0.372. The van der Waals surface area contributed by atoms with Crippen molar-refractivity contribution in [3.05, 3.63) is 111 Å². The van der Waals surface area contributed by atoms with Crippen molar-refractivity contribution in [3.8, 4) is 22.6 Å². The van der Waals surface area contributed by atoms with Crippen molar-refractivity contribution < 1.29 is 19.4 Å². The van der Waals surface area contributed by atoms with Crippen LogP contribution in [-0.2, 0) is 24.6 Å². The maximum absolute atomic E-state index is 11.8. The van der Waals surface area contributed by atoms with Crippen LogP contribution in [0.15, 0.2) is 89.7 Å². The van der Waals surface area contributed by atoms with Crippen LogP contribution in [0.1, 0.15) is 37.0 Å². The average molecular weight is 624 g/mol. The van der Waals surface area contributed by atoms with Crippen molar-refractivity contribution in [2.45, 2.75) is 46.1 Å².